The molecule has 0 aliphatic heterocycles. The smallest absolute Gasteiger partial charge is 0.338 e. The summed E-state index contributed by atoms with van der Waals surface area (Å²) in [6, 6.07) is 17.0. The van der Waals surface area contributed by atoms with Crippen molar-refractivity contribution < 1.29 is 14.3 Å². The van der Waals surface area contributed by atoms with Crippen LogP contribution in [-0.2, 0) is 22.6 Å². The number of hydrogen-bond acceptors (Lipinski definition) is 4. The minimum Gasteiger partial charge on any atom is -0.465 e. The second-order valence-electron chi connectivity index (χ2n) is 8.67. The van der Waals surface area contributed by atoms with E-state index in [-0.39, 0.29) is 5.97 Å². The van der Waals surface area contributed by atoms with Gasteiger partial charge in [0.05, 0.1) is 30.3 Å². The molecule has 2 aromatic heterocycles. The molecule has 5 aromatic rings. The van der Waals surface area contributed by atoms with E-state index in [1.165, 1.54) is 34.5 Å². The van der Waals surface area contributed by atoms with Crippen LogP contribution in [-0.4, -0.2) is 40.9 Å². The van der Waals surface area contributed by atoms with Crippen LogP contribution in [0.4, 0.5) is 0 Å². The van der Waals surface area contributed by atoms with Gasteiger partial charge in [-0.3, -0.25) is 0 Å². The standard InChI is InChI=1S/C28H29N3O3/c1-6-30-23-10-7-17(2)15-21(23)22-16-19(8-11-24(22)30)27-29-26-18(3)20(28(32)34-5)9-12-25(26)31(27)13-14-33-4/h7-12,15-16H,6,13-14H2,1-5H3. The molecule has 2 heterocycles. The summed E-state index contributed by atoms with van der Waals surface area (Å²) in [5, 5.41) is 2.47. The number of benzene rings is 3. The van der Waals surface area contributed by atoms with Crippen molar-refractivity contribution in [2.45, 2.75) is 33.9 Å². The average molecular weight is 456 g/mol. The molecule has 3 aromatic carbocycles. The summed E-state index contributed by atoms with van der Waals surface area (Å²) in [6.07, 6.45) is 0. The third kappa shape index (κ3) is 3.37. The van der Waals surface area contributed by atoms with E-state index in [0.717, 1.165) is 34.5 Å². The van der Waals surface area contributed by atoms with Crippen LogP contribution in [0.2, 0.25) is 0 Å². The Bertz CT molecular complexity index is 1560. The van der Waals surface area contributed by atoms with E-state index in [9.17, 15) is 4.79 Å². The van der Waals surface area contributed by atoms with E-state index in [1.807, 2.05) is 19.1 Å². The maximum Gasteiger partial charge on any atom is 0.338 e. The quantitative estimate of drug-likeness (QED) is 0.300. The number of carbonyl (C=O) groups excluding carboxylic acids is 1. The number of fused-ring (bicyclic) bond motifs is 4. The van der Waals surface area contributed by atoms with Crippen molar-refractivity contribution in [2.24, 2.45) is 0 Å². The summed E-state index contributed by atoms with van der Waals surface area (Å²) in [4.78, 5) is 17.3. The zero-order valence-electron chi connectivity index (χ0n) is 20.3. The lowest BCUT2D eigenvalue weighted by Gasteiger charge is -2.10. The fraction of sp³-hybridized carbons (Fsp3) is 0.286. The molecule has 34 heavy (non-hydrogen) atoms. The predicted molar refractivity (Wildman–Crippen MR) is 137 cm³/mol. The van der Waals surface area contributed by atoms with Crippen LogP contribution in [0.3, 0.4) is 0 Å². The highest BCUT2D eigenvalue weighted by Crippen LogP contribution is 2.35. The normalized spacial score (nSPS) is 11.7. The second-order valence-corrected chi connectivity index (χ2v) is 8.67. The molecule has 0 aliphatic carbocycles. The topological polar surface area (TPSA) is 58.3 Å². The summed E-state index contributed by atoms with van der Waals surface area (Å²) in [7, 11) is 3.10. The highest BCUT2D eigenvalue weighted by atomic mass is 16.5. The van der Waals surface area contributed by atoms with Crippen LogP contribution in [0.5, 0.6) is 0 Å². The Morgan fingerprint density at radius 3 is 2.32 bits per heavy atom. The molecule has 0 amide bonds. The molecular formula is C28H29N3O3. The zero-order chi connectivity index (χ0) is 24.0. The molecule has 6 nitrogen and oxygen atoms in total. The largest absolute Gasteiger partial charge is 0.465 e. The van der Waals surface area contributed by atoms with Gasteiger partial charge in [-0.2, -0.15) is 0 Å². The molecule has 6 heteroatoms. The van der Waals surface area contributed by atoms with Gasteiger partial charge in [-0.1, -0.05) is 11.6 Å². The molecule has 0 N–H and O–H groups in total. The number of aryl methyl sites for hydroxylation is 3. The number of esters is 1. The monoisotopic (exact) mass is 455 g/mol. The van der Waals surface area contributed by atoms with Gasteiger partial charge in [0.2, 0.25) is 0 Å². The lowest BCUT2D eigenvalue weighted by molar-refractivity contribution is 0.0600. The molecule has 5 rings (SSSR count). The van der Waals surface area contributed by atoms with Gasteiger partial charge in [0, 0.05) is 47.6 Å². The number of nitrogens with zero attached hydrogens (tertiary/aromatic N) is 3. The van der Waals surface area contributed by atoms with E-state index >= 15 is 0 Å². The first-order chi connectivity index (χ1) is 16.5. The van der Waals surface area contributed by atoms with Gasteiger partial charge in [0.15, 0.2) is 0 Å². The molecule has 0 fully saturated rings. The second kappa shape index (κ2) is 8.61. The first-order valence-corrected chi connectivity index (χ1v) is 11.6. The van der Waals surface area contributed by atoms with Gasteiger partial charge in [0.1, 0.15) is 5.82 Å². The minimum atomic E-state index is -0.350. The van der Waals surface area contributed by atoms with Crippen LogP contribution in [0.15, 0.2) is 48.5 Å². The number of carbonyl (C=O) groups is 1. The molecule has 0 spiro atoms. The highest BCUT2D eigenvalue weighted by molar-refractivity contribution is 6.09. The van der Waals surface area contributed by atoms with Gasteiger partial charge in [-0.15, -0.1) is 0 Å². The SMILES string of the molecule is CCn1c2ccc(C)cc2c2cc(-c3nc4c(C)c(C(=O)OC)ccc4n3CCOC)ccc21. The molecule has 0 atom stereocenters. The van der Waals surface area contributed by atoms with E-state index in [2.05, 4.69) is 59.4 Å². The predicted octanol–water partition coefficient (Wildman–Crippen LogP) is 5.88. The molecule has 174 valence electrons. The van der Waals surface area contributed by atoms with Crippen LogP contribution in [0.1, 0.15) is 28.4 Å². The molecule has 0 bridgehead atoms. The van der Waals surface area contributed by atoms with E-state index in [0.29, 0.717) is 18.7 Å². The van der Waals surface area contributed by atoms with Crippen molar-refractivity contribution >= 4 is 38.8 Å². The molecule has 0 saturated carbocycles. The average Bonchev–Trinajstić information content (AvgIpc) is 3.37. The maximum atomic E-state index is 12.3. The molecule has 0 unspecified atom stereocenters. The van der Waals surface area contributed by atoms with Crippen molar-refractivity contribution in [2.75, 3.05) is 20.8 Å². The van der Waals surface area contributed by atoms with Gasteiger partial charge < -0.3 is 18.6 Å². The third-order valence-electron chi connectivity index (χ3n) is 6.69. The van der Waals surface area contributed by atoms with E-state index in [4.69, 9.17) is 14.5 Å². The Balaban J connectivity index is 1.78. The lowest BCUT2D eigenvalue weighted by Crippen LogP contribution is -2.07. The number of rotatable bonds is 6. The summed E-state index contributed by atoms with van der Waals surface area (Å²) >= 11 is 0. The van der Waals surface area contributed by atoms with E-state index in [1.54, 1.807) is 7.11 Å². The van der Waals surface area contributed by atoms with E-state index < -0.39 is 0 Å². The first kappa shape index (κ1) is 22.2. The number of ether oxygens (including phenoxy) is 2. The maximum absolute atomic E-state index is 12.3. The van der Waals surface area contributed by atoms with Gasteiger partial charge in [0.25, 0.3) is 0 Å². The molecule has 0 saturated heterocycles. The third-order valence-corrected chi connectivity index (χ3v) is 6.69. The summed E-state index contributed by atoms with van der Waals surface area (Å²) in [5.41, 5.74) is 7.88. The van der Waals surface area contributed by atoms with Crippen LogP contribution in [0.25, 0.3) is 44.2 Å². The Labute approximate surface area is 198 Å². The Kier molecular flexibility index (Phi) is 5.62. The summed E-state index contributed by atoms with van der Waals surface area (Å²) in [6.45, 7) is 8.36. The molecular weight excluding hydrogens is 426 g/mol. The Morgan fingerprint density at radius 1 is 0.912 bits per heavy atom. The zero-order valence-corrected chi connectivity index (χ0v) is 20.3. The van der Waals surface area contributed by atoms with Gasteiger partial charge in [-0.25, -0.2) is 9.78 Å². The number of hydrogen-bond donors (Lipinski definition) is 0. The first-order valence-electron chi connectivity index (χ1n) is 11.6. The minimum absolute atomic E-state index is 0.350. The van der Waals surface area contributed by atoms with Crippen molar-refractivity contribution in [1.29, 1.82) is 0 Å². The van der Waals surface area contributed by atoms with Crippen molar-refractivity contribution in [3.63, 3.8) is 0 Å². The fourth-order valence-electron chi connectivity index (χ4n) is 4.98. The Morgan fingerprint density at radius 2 is 1.62 bits per heavy atom. The lowest BCUT2D eigenvalue weighted by atomic mass is 10.1. The Hall–Kier alpha value is -3.64. The number of imidazole rings is 1. The molecule has 0 radical (unpaired) electrons. The van der Waals surface area contributed by atoms with Crippen molar-refractivity contribution in [1.82, 2.24) is 14.1 Å². The van der Waals surface area contributed by atoms with Gasteiger partial charge >= 0.3 is 5.97 Å². The van der Waals surface area contributed by atoms with Crippen LogP contribution < -0.4 is 0 Å². The molecule has 0 aliphatic rings. The number of aromatic nitrogens is 3. The van der Waals surface area contributed by atoms with Gasteiger partial charge in [-0.05, 0) is 68.8 Å². The summed E-state index contributed by atoms with van der Waals surface area (Å²) < 4.78 is 14.9. The number of methoxy groups -OCH3 is 2. The van der Waals surface area contributed by atoms with Crippen LogP contribution >= 0.6 is 0 Å². The van der Waals surface area contributed by atoms with Crippen molar-refractivity contribution in [3.05, 3.63) is 65.2 Å². The summed E-state index contributed by atoms with van der Waals surface area (Å²) in [5.74, 6) is 0.515. The van der Waals surface area contributed by atoms with Crippen LogP contribution in [0, 0.1) is 13.8 Å². The fourth-order valence-corrected chi connectivity index (χ4v) is 4.98. The van der Waals surface area contributed by atoms with Crippen molar-refractivity contribution in [3.8, 4) is 11.4 Å². The highest BCUT2D eigenvalue weighted by Gasteiger charge is 2.20.